The van der Waals surface area contributed by atoms with Crippen LogP contribution in [-0.4, -0.2) is 53.1 Å². The van der Waals surface area contributed by atoms with Gasteiger partial charge in [-0.1, -0.05) is 24.8 Å². The van der Waals surface area contributed by atoms with Gasteiger partial charge in [-0.25, -0.2) is 9.67 Å². The van der Waals surface area contributed by atoms with E-state index in [1.165, 1.54) is 17.0 Å². The van der Waals surface area contributed by atoms with E-state index in [1.54, 1.807) is 37.4 Å². The van der Waals surface area contributed by atoms with Crippen molar-refractivity contribution in [2.24, 2.45) is 10.9 Å². The summed E-state index contributed by atoms with van der Waals surface area (Å²) in [4.78, 5) is 31.9. The molecule has 0 spiro atoms. The number of hydrogen-bond acceptors (Lipinski definition) is 5. The summed E-state index contributed by atoms with van der Waals surface area (Å²) in [7, 11) is 2.11. The molecule has 0 radical (unpaired) electrons. The Morgan fingerprint density at radius 1 is 1.34 bits per heavy atom. The van der Waals surface area contributed by atoms with Crippen LogP contribution >= 0.6 is 0 Å². The number of H-pyrrole nitrogens is 1. The Balaban J connectivity index is 1.69. The number of aromatic amines is 1. The van der Waals surface area contributed by atoms with Gasteiger partial charge in [-0.2, -0.15) is 5.26 Å². The zero-order valence-electron chi connectivity index (χ0n) is 18.5. The second-order valence-electron chi connectivity index (χ2n) is 7.94. The zero-order chi connectivity index (χ0) is 23.1. The van der Waals surface area contributed by atoms with E-state index in [0.717, 1.165) is 25.9 Å². The first kappa shape index (κ1) is 23.0. The molecule has 0 unspecified atom stereocenters. The lowest BCUT2D eigenvalue weighted by atomic mass is 9.97. The third kappa shape index (κ3) is 5.50. The lowest BCUT2D eigenvalue weighted by Gasteiger charge is -2.28. The fraction of sp³-hybridized carbons (Fsp3) is 0.333. The highest BCUT2D eigenvalue weighted by Gasteiger charge is 2.17. The molecule has 1 aliphatic heterocycles. The predicted molar refractivity (Wildman–Crippen MR) is 125 cm³/mol. The van der Waals surface area contributed by atoms with Gasteiger partial charge in [0.2, 0.25) is 0 Å². The van der Waals surface area contributed by atoms with Gasteiger partial charge >= 0.3 is 0 Å². The molecule has 166 valence electrons. The van der Waals surface area contributed by atoms with Crippen LogP contribution in [0.25, 0.3) is 11.1 Å². The average molecular weight is 433 g/mol. The van der Waals surface area contributed by atoms with Crippen LogP contribution in [0.2, 0.25) is 0 Å². The van der Waals surface area contributed by atoms with Crippen LogP contribution in [-0.2, 0) is 4.79 Å². The van der Waals surface area contributed by atoms with Crippen LogP contribution in [0.4, 0.5) is 0 Å². The molecule has 1 amide bonds. The summed E-state index contributed by atoms with van der Waals surface area (Å²) in [5.41, 5.74) is 1.76. The van der Waals surface area contributed by atoms with Crippen LogP contribution < -0.4 is 10.9 Å². The summed E-state index contributed by atoms with van der Waals surface area (Å²) in [6.07, 6.45) is 6.60. The molecule has 1 aromatic heterocycles. The van der Waals surface area contributed by atoms with Gasteiger partial charge in [0.25, 0.3) is 11.5 Å². The van der Waals surface area contributed by atoms with Crippen LogP contribution in [0, 0.1) is 17.2 Å². The molecule has 8 nitrogen and oxygen atoms in total. The van der Waals surface area contributed by atoms with Crippen molar-refractivity contribution in [3.05, 3.63) is 70.8 Å². The Hall–Kier alpha value is -3.70. The van der Waals surface area contributed by atoms with Gasteiger partial charge in [0.15, 0.2) is 0 Å². The van der Waals surface area contributed by atoms with E-state index >= 15 is 0 Å². The topological polar surface area (TPSA) is 106 Å². The van der Waals surface area contributed by atoms with Crippen LogP contribution in [0.5, 0.6) is 0 Å². The van der Waals surface area contributed by atoms with Crippen LogP contribution in [0.3, 0.4) is 0 Å². The van der Waals surface area contributed by atoms with Gasteiger partial charge in [-0.05, 0) is 63.5 Å². The highest BCUT2D eigenvalue weighted by atomic mass is 16.1. The fourth-order valence-corrected chi connectivity index (χ4v) is 3.57. The summed E-state index contributed by atoms with van der Waals surface area (Å²) in [5, 5.41) is 14.8. The highest BCUT2D eigenvalue weighted by Crippen LogP contribution is 2.16. The molecule has 1 fully saturated rings. The number of aliphatic imine (C=N–C) groups is 1. The number of carbonyl (C=O) groups excluding carboxylic acids is 1. The number of rotatable bonds is 6. The zero-order valence-corrected chi connectivity index (χ0v) is 18.5. The maximum atomic E-state index is 12.8. The van der Waals surface area contributed by atoms with Crippen LogP contribution in [0.1, 0.15) is 25.3 Å². The van der Waals surface area contributed by atoms with Gasteiger partial charge in [0, 0.05) is 18.9 Å². The quantitative estimate of drug-likeness (QED) is 0.317. The van der Waals surface area contributed by atoms with Gasteiger partial charge < -0.3 is 10.2 Å². The number of benzene rings is 1. The number of nitrogens with zero attached hydrogens (tertiary/aromatic N) is 4. The standard InChI is InChI=1S/C24H28N6O2/c1-4-20(23(31)27-14-19-9-11-29(3)12-10-19)15-26-17(2)30-24(32)22(16-28-30)21-7-5-18(13-25)6-8-21/h4-8,15-16,19,28H,1,9-12,14H2,2-3H3,(H,27,31)/b20-15+,26-17?. The van der Waals surface area contributed by atoms with Crippen molar-refractivity contribution < 1.29 is 4.79 Å². The third-order valence-electron chi connectivity index (χ3n) is 5.68. The number of amides is 1. The molecule has 1 aromatic carbocycles. The van der Waals surface area contributed by atoms with E-state index in [-0.39, 0.29) is 11.5 Å². The summed E-state index contributed by atoms with van der Waals surface area (Å²) in [5.74, 6) is 0.634. The molecule has 1 aliphatic rings. The molecule has 3 rings (SSSR count). The summed E-state index contributed by atoms with van der Waals surface area (Å²) in [6, 6.07) is 8.83. The van der Waals surface area contributed by atoms with E-state index in [4.69, 9.17) is 5.26 Å². The summed E-state index contributed by atoms with van der Waals surface area (Å²) in [6.45, 7) is 8.10. The Morgan fingerprint density at radius 3 is 2.66 bits per heavy atom. The molecule has 2 aromatic rings. The van der Waals surface area contributed by atoms with Crippen molar-refractivity contribution >= 4 is 11.7 Å². The van der Waals surface area contributed by atoms with Crippen molar-refractivity contribution in [2.75, 3.05) is 26.7 Å². The number of likely N-dealkylation sites (tertiary alicyclic amines) is 1. The van der Waals surface area contributed by atoms with Crippen molar-refractivity contribution in [3.8, 4) is 17.2 Å². The second-order valence-corrected chi connectivity index (χ2v) is 7.94. The van der Waals surface area contributed by atoms with E-state index in [1.807, 2.05) is 0 Å². The molecule has 0 saturated carbocycles. The third-order valence-corrected chi connectivity index (χ3v) is 5.68. The first-order valence-electron chi connectivity index (χ1n) is 10.6. The summed E-state index contributed by atoms with van der Waals surface area (Å²) >= 11 is 0. The van der Waals surface area contributed by atoms with E-state index in [9.17, 15) is 9.59 Å². The van der Waals surface area contributed by atoms with Gasteiger partial charge in [-0.15, -0.1) is 0 Å². The average Bonchev–Trinajstić information content (AvgIpc) is 3.20. The first-order valence-corrected chi connectivity index (χ1v) is 10.6. The maximum Gasteiger partial charge on any atom is 0.280 e. The smallest absolute Gasteiger partial charge is 0.280 e. The molecule has 2 N–H and O–H groups in total. The minimum atomic E-state index is -0.267. The second kappa shape index (κ2) is 10.6. The molecule has 0 bridgehead atoms. The maximum absolute atomic E-state index is 12.8. The summed E-state index contributed by atoms with van der Waals surface area (Å²) < 4.78 is 1.31. The van der Waals surface area contributed by atoms with Crippen molar-refractivity contribution in [2.45, 2.75) is 19.8 Å². The van der Waals surface area contributed by atoms with Crippen LogP contribution in [0.15, 0.2) is 64.7 Å². The minimum Gasteiger partial charge on any atom is -0.352 e. The van der Waals surface area contributed by atoms with Gasteiger partial charge in [-0.3, -0.25) is 14.7 Å². The number of nitriles is 1. The lowest BCUT2D eigenvalue weighted by Crippen LogP contribution is -2.37. The fourth-order valence-electron chi connectivity index (χ4n) is 3.57. The Labute approximate surface area is 187 Å². The van der Waals surface area contributed by atoms with Gasteiger partial charge in [0.1, 0.15) is 5.84 Å². The number of hydrogen-bond donors (Lipinski definition) is 2. The molecule has 2 heterocycles. The minimum absolute atomic E-state index is 0.229. The van der Waals surface area contributed by atoms with E-state index in [2.05, 4.69) is 40.0 Å². The van der Waals surface area contributed by atoms with Crippen molar-refractivity contribution in [3.63, 3.8) is 0 Å². The van der Waals surface area contributed by atoms with Crippen molar-refractivity contribution in [1.82, 2.24) is 20.0 Å². The van der Waals surface area contributed by atoms with Crippen molar-refractivity contribution in [1.29, 1.82) is 5.26 Å². The molecular weight excluding hydrogens is 404 g/mol. The predicted octanol–water partition coefficient (Wildman–Crippen LogP) is 2.51. The Kier molecular flexibility index (Phi) is 7.58. The monoisotopic (exact) mass is 432 g/mol. The molecule has 0 aliphatic carbocycles. The Morgan fingerprint density at radius 2 is 2.03 bits per heavy atom. The molecule has 32 heavy (non-hydrogen) atoms. The molecule has 1 saturated heterocycles. The number of aromatic nitrogens is 2. The Bertz CT molecular complexity index is 1120. The lowest BCUT2D eigenvalue weighted by molar-refractivity contribution is -0.117. The normalized spacial score (nSPS) is 15.9. The largest absolute Gasteiger partial charge is 0.352 e. The number of nitrogens with one attached hydrogen (secondary N) is 2. The molecular formula is C24H28N6O2. The SMILES string of the molecule is C=C/C(=C\N=C(C)n1[nH]cc(-c2ccc(C#N)cc2)c1=O)C(=O)NCC1CCN(C)CC1. The number of piperidine rings is 1. The van der Waals surface area contributed by atoms with Gasteiger partial charge in [0.05, 0.1) is 22.8 Å². The van der Waals surface area contributed by atoms with E-state index in [0.29, 0.717) is 40.6 Å². The molecule has 0 atom stereocenters. The highest BCUT2D eigenvalue weighted by molar-refractivity contribution is 5.96. The van der Waals surface area contributed by atoms with E-state index < -0.39 is 0 Å². The first-order chi connectivity index (χ1) is 15.4. The number of carbonyl (C=O) groups is 1. The molecule has 8 heteroatoms.